The van der Waals surface area contributed by atoms with E-state index in [4.69, 9.17) is 11.6 Å². The Morgan fingerprint density at radius 3 is 2.73 bits per heavy atom. The van der Waals surface area contributed by atoms with Crippen molar-refractivity contribution in [1.29, 1.82) is 0 Å². The summed E-state index contributed by atoms with van der Waals surface area (Å²) >= 11 is 8.11. The Balaban J connectivity index is 1.54. The first-order chi connectivity index (χ1) is 14.7. The summed E-state index contributed by atoms with van der Waals surface area (Å²) in [6, 6.07) is 16.0. The molecule has 1 aliphatic carbocycles. The first-order valence-corrected chi connectivity index (χ1v) is 13.0. The SMILES string of the molecule is CCCN1C[C@H](CSC)CC2c3cccc4c3c(cn4Cc3ccc(Cl)cc3)C[C@H]21. The van der Waals surface area contributed by atoms with Gasteiger partial charge in [-0.1, -0.05) is 42.8 Å². The van der Waals surface area contributed by atoms with Gasteiger partial charge in [0.2, 0.25) is 0 Å². The molecule has 158 valence electrons. The largest absolute Gasteiger partial charge is 0.343 e. The van der Waals surface area contributed by atoms with Gasteiger partial charge in [-0.3, -0.25) is 4.90 Å². The van der Waals surface area contributed by atoms with E-state index in [-0.39, 0.29) is 0 Å². The van der Waals surface area contributed by atoms with Crippen LogP contribution in [0.25, 0.3) is 10.9 Å². The third-order valence-corrected chi connectivity index (χ3v) is 8.09. The highest BCUT2D eigenvalue weighted by Gasteiger charge is 2.40. The van der Waals surface area contributed by atoms with Crippen molar-refractivity contribution in [2.75, 3.05) is 25.1 Å². The molecule has 0 radical (unpaired) electrons. The first kappa shape index (κ1) is 20.5. The van der Waals surface area contributed by atoms with Gasteiger partial charge in [0.1, 0.15) is 0 Å². The van der Waals surface area contributed by atoms with Crippen LogP contribution in [0.4, 0.5) is 0 Å². The fourth-order valence-corrected chi connectivity index (χ4v) is 6.73. The molecule has 2 nitrogen and oxygen atoms in total. The van der Waals surface area contributed by atoms with Crippen LogP contribution in [0.2, 0.25) is 5.02 Å². The molecule has 3 aromatic rings. The lowest BCUT2D eigenvalue weighted by Gasteiger charge is -2.47. The minimum atomic E-state index is 0.660. The third kappa shape index (κ3) is 3.70. The second kappa shape index (κ2) is 8.61. The molecule has 2 aromatic carbocycles. The van der Waals surface area contributed by atoms with Crippen LogP contribution in [-0.2, 0) is 13.0 Å². The van der Waals surface area contributed by atoms with Crippen molar-refractivity contribution in [3.63, 3.8) is 0 Å². The summed E-state index contributed by atoms with van der Waals surface area (Å²) in [6.07, 6.45) is 8.46. The number of rotatable bonds is 6. The summed E-state index contributed by atoms with van der Waals surface area (Å²) in [6.45, 7) is 5.72. The maximum atomic E-state index is 6.10. The van der Waals surface area contributed by atoms with E-state index in [0.29, 0.717) is 12.0 Å². The van der Waals surface area contributed by atoms with Gasteiger partial charge in [-0.05, 0) is 78.6 Å². The van der Waals surface area contributed by atoms with E-state index in [1.807, 2.05) is 23.9 Å². The zero-order valence-electron chi connectivity index (χ0n) is 18.0. The monoisotopic (exact) mass is 438 g/mol. The lowest BCUT2D eigenvalue weighted by Crippen LogP contribution is -2.50. The lowest BCUT2D eigenvalue weighted by molar-refractivity contribution is 0.0926. The maximum absolute atomic E-state index is 6.10. The van der Waals surface area contributed by atoms with E-state index >= 15 is 0 Å². The van der Waals surface area contributed by atoms with Gasteiger partial charge in [-0.25, -0.2) is 0 Å². The van der Waals surface area contributed by atoms with Crippen molar-refractivity contribution in [3.8, 4) is 0 Å². The van der Waals surface area contributed by atoms with Crippen molar-refractivity contribution in [2.45, 2.75) is 44.7 Å². The van der Waals surface area contributed by atoms with Gasteiger partial charge in [-0.2, -0.15) is 11.8 Å². The molecule has 3 atom stereocenters. The molecule has 4 heteroatoms. The van der Waals surface area contributed by atoms with Crippen molar-refractivity contribution in [3.05, 3.63) is 70.4 Å². The molecule has 0 amide bonds. The topological polar surface area (TPSA) is 8.17 Å². The number of thioether (sulfide) groups is 1. The molecule has 30 heavy (non-hydrogen) atoms. The quantitative estimate of drug-likeness (QED) is 0.437. The maximum Gasteiger partial charge on any atom is 0.0489 e. The van der Waals surface area contributed by atoms with Gasteiger partial charge in [0.05, 0.1) is 0 Å². The zero-order chi connectivity index (χ0) is 20.7. The minimum absolute atomic E-state index is 0.660. The Bertz CT molecular complexity index is 1030. The van der Waals surface area contributed by atoms with Crippen LogP contribution in [0.1, 0.15) is 42.4 Å². The fourth-order valence-electron chi connectivity index (χ4n) is 5.89. The van der Waals surface area contributed by atoms with E-state index in [1.54, 1.807) is 11.1 Å². The molecule has 1 aromatic heterocycles. The average Bonchev–Trinajstić information content (AvgIpc) is 3.09. The number of aromatic nitrogens is 1. The van der Waals surface area contributed by atoms with Gasteiger partial charge in [0.25, 0.3) is 0 Å². The van der Waals surface area contributed by atoms with Crippen LogP contribution < -0.4 is 0 Å². The third-order valence-electron chi connectivity index (χ3n) is 7.04. The van der Waals surface area contributed by atoms with Crippen LogP contribution >= 0.6 is 23.4 Å². The number of nitrogens with zero attached hydrogens (tertiary/aromatic N) is 2. The smallest absolute Gasteiger partial charge is 0.0489 e. The lowest BCUT2D eigenvalue weighted by atomic mass is 9.72. The van der Waals surface area contributed by atoms with Gasteiger partial charge in [0.15, 0.2) is 0 Å². The Labute approximate surface area is 189 Å². The molecule has 0 spiro atoms. The van der Waals surface area contributed by atoms with E-state index < -0.39 is 0 Å². The fraction of sp³-hybridized carbons (Fsp3) is 0.462. The molecule has 0 N–H and O–H groups in total. The number of hydrogen-bond acceptors (Lipinski definition) is 2. The van der Waals surface area contributed by atoms with Crippen LogP contribution in [0.3, 0.4) is 0 Å². The Kier molecular flexibility index (Phi) is 5.88. The molecule has 2 heterocycles. The summed E-state index contributed by atoms with van der Waals surface area (Å²) in [5.41, 5.74) is 5.84. The van der Waals surface area contributed by atoms with Crippen LogP contribution in [0.5, 0.6) is 0 Å². The summed E-state index contributed by atoms with van der Waals surface area (Å²) in [4.78, 5) is 2.81. The van der Waals surface area contributed by atoms with Gasteiger partial charge >= 0.3 is 0 Å². The normalized spacial score (nSPS) is 23.6. The first-order valence-electron chi connectivity index (χ1n) is 11.3. The molecule has 1 unspecified atom stereocenters. The van der Waals surface area contributed by atoms with E-state index in [1.165, 1.54) is 54.6 Å². The molecular formula is C26H31ClN2S. The number of piperidine rings is 1. The number of fused-ring (bicyclic) bond motifs is 2. The molecular weight excluding hydrogens is 408 g/mol. The summed E-state index contributed by atoms with van der Waals surface area (Å²) in [7, 11) is 0. The second-order valence-electron chi connectivity index (χ2n) is 9.08. The second-order valence-corrected chi connectivity index (χ2v) is 10.4. The van der Waals surface area contributed by atoms with Gasteiger partial charge in [-0.15, -0.1) is 0 Å². The molecule has 0 bridgehead atoms. The highest BCUT2D eigenvalue weighted by atomic mass is 35.5. The molecule has 0 saturated carbocycles. The van der Waals surface area contributed by atoms with E-state index in [9.17, 15) is 0 Å². The summed E-state index contributed by atoms with van der Waals surface area (Å²) in [5.74, 6) is 2.76. The summed E-state index contributed by atoms with van der Waals surface area (Å²) < 4.78 is 2.46. The van der Waals surface area contributed by atoms with Crippen molar-refractivity contribution in [1.82, 2.24) is 9.47 Å². The van der Waals surface area contributed by atoms with Crippen molar-refractivity contribution in [2.24, 2.45) is 5.92 Å². The Morgan fingerprint density at radius 2 is 1.97 bits per heavy atom. The number of hydrogen-bond donors (Lipinski definition) is 0. The number of benzene rings is 2. The molecule has 1 fully saturated rings. The van der Waals surface area contributed by atoms with E-state index in [2.05, 4.69) is 59.2 Å². The van der Waals surface area contributed by atoms with Crippen molar-refractivity contribution >= 4 is 34.3 Å². The number of likely N-dealkylation sites (tertiary alicyclic amines) is 1. The minimum Gasteiger partial charge on any atom is -0.343 e. The zero-order valence-corrected chi connectivity index (χ0v) is 19.6. The Morgan fingerprint density at radius 1 is 1.13 bits per heavy atom. The molecule has 1 saturated heterocycles. The van der Waals surface area contributed by atoms with Crippen LogP contribution in [0.15, 0.2) is 48.7 Å². The summed E-state index contributed by atoms with van der Waals surface area (Å²) in [5, 5.41) is 2.34. The van der Waals surface area contributed by atoms with Gasteiger partial charge in [0, 0.05) is 47.2 Å². The van der Waals surface area contributed by atoms with E-state index in [0.717, 1.165) is 17.5 Å². The predicted octanol–water partition coefficient (Wildman–Crippen LogP) is 6.45. The standard InChI is InChI=1S/C26H31ClN2S/c1-3-11-28-15-19(17-30-2)12-23-22-5-4-6-24-26(22)20(13-25(23)28)16-29(24)14-18-7-9-21(27)10-8-18/h4-10,16,19,23,25H,3,11-15,17H2,1-2H3/t19-,23?,25-/m1/s1. The van der Waals surface area contributed by atoms with Crippen LogP contribution in [-0.4, -0.2) is 40.6 Å². The predicted molar refractivity (Wildman–Crippen MR) is 131 cm³/mol. The highest BCUT2D eigenvalue weighted by molar-refractivity contribution is 7.98. The average molecular weight is 439 g/mol. The molecule has 5 rings (SSSR count). The molecule has 2 aliphatic rings. The molecule has 1 aliphatic heterocycles. The van der Waals surface area contributed by atoms with Gasteiger partial charge < -0.3 is 4.57 Å². The van der Waals surface area contributed by atoms with Crippen molar-refractivity contribution < 1.29 is 0 Å². The van der Waals surface area contributed by atoms with Crippen LogP contribution in [0, 0.1) is 5.92 Å². The number of halogens is 1. The highest BCUT2D eigenvalue weighted by Crippen LogP contribution is 2.45. The Hall–Kier alpha value is -1.42.